The number of carbonyl (C=O) groups excluding carboxylic acids is 1. The van der Waals surface area contributed by atoms with Gasteiger partial charge in [0, 0.05) is 30.8 Å². The van der Waals surface area contributed by atoms with Gasteiger partial charge in [0.1, 0.15) is 5.75 Å². The van der Waals surface area contributed by atoms with Gasteiger partial charge in [0.25, 0.3) is 5.91 Å². The maximum atomic E-state index is 13.1. The molecular weight excluding hydrogens is 504 g/mol. The SMILES string of the molecule is CCCCOc1c(Br)cc(C)cc1-c1c(C)c(C(=O)Nc2ccc(S(C)(=O)=O)cc2)cn1C. The molecule has 6 nitrogen and oxygen atoms in total. The summed E-state index contributed by atoms with van der Waals surface area (Å²) in [6.45, 7) is 6.68. The standard InChI is InChI=1S/C25H29BrN2O4S/c1-6-7-12-32-24-20(13-16(2)14-22(24)26)23-17(3)21(15-28(23)4)25(29)27-18-8-10-19(11-9-18)33(5,30)31/h8-11,13-15H,6-7,12H2,1-5H3,(H,27,29). The molecule has 0 bridgehead atoms. The average Bonchev–Trinajstić information content (AvgIpc) is 3.03. The van der Waals surface area contributed by atoms with Crippen molar-refractivity contribution in [2.75, 3.05) is 18.2 Å². The first-order chi connectivity index (χ1) is 15.5. The Morgan fingerprint density at radius 3 is 2.42 bits per heavy atom. The molecule has 0 aliphatic carbocycles. The van der Waals surface area contributed by atoms with Crippen molar-refractivity contribution in [3.05, 3.63) is 63.8 Å². The van der Waals surface area contributed by atoms with Crippen LogP contribution in [0, 0.1) is 13.8 Å². The van der Waals surface area contributed by atoms with E-state index in [1.807, 2.05) is 31.5 Å². The predicted octanol–water partition coefficient (Wildman–Crippen LogP) is 5.91. The number of halogens is 1. The lowest BCUT2D eigenvalue weighted by Gasteiger charge is -2.16. The van der Waals surface area contributed by atoms with Crippen LogP contribution in [0.15, 0.2) is 52.0 Å². The molecule has 0 fully saturated rings. The number of aromatic nitrogens is 1. The number of benzene rings is 2. The number of carbonyl (C=O) groups is 1. The van der Waals surface area contributed by atoms with E-state index in [9.17, 15) is 13.2 Å². The minimum atomic E-state index is -3.29. The van der Waals surface area contributed by atoms with E-state index in [-0.39, 0.29) is 10.8 Å². The van der Waals surface area contributed by atoms with Gasteiger partial charge in [-0.1, -0.05) is 13.3 Å². The Labute approximate surface area is 204 Å². The Morgan fingerprint density at radius 2 is 1.82 bits per heavy atom. The van der Waals surface area contributed by atoms with Crippen molar-refractivity contribution in [3.63, 3.8) is 0 Å². The van der Waals surface area contributed by atoms with Crippen LogP contribution in [-0.4, -0.2) is 31.8 Å². The molecule has 2 aromatic carbocycles. The van der Waals surface area contributed by atoms with Crippen molar-refractivity contribution in [3.8, 4) is 17.0 Å². The number of rotatable bonds is 8. The first-order valence-corrected chi connectivity index (χ1v) is 13.4. The molecule has 33 heavy (non-hydrogen) atoms. The zero-order valence-electron chi connectivity index (χ0n) is 19.5. The Kier molecular flexibility index (Phi) is 7.69. The highest BCUT2D eigenvalue weighted by molar-refractivity contribution is 9.10. The highest BCUT2D eigenvalue weighted by Gasteiger charge is 2.22. The Bertz CT molecular complexity index is 1280. The van der Waals surface area contributed by atoms with Crippen molar-refractivity contribution in [2.24, 2.45) is 7.05 Å². The number of ether oxygens (including phenoxy) is 1. The summed E-state index contributed by atoms with van der Waals surface area (Å²) in [6, 6.07) is 10.2. The summed E-state index contributed by atoms with van der Waals surface area (Å²) in [5.74, 6) is 0.503. The second-order valence-electron chi connectivity index (χ2n) is 8.20. The number of hydrogen-bond acceptors (Lipinski definition) is 4. The maximum absolute atomic E-state index is 13.1. The maximum Gasteiger partial charge on any atom is 0.257 e. The molecule has 1 N–H and O–H groups in total. The van der Waals surface area contributed by atoms with E-state index in [1.165, 1.54) is 12.1 Å². The number of amides is 1. The van der Waals surface area contributed by atoms with Gasteiger partial charge in [-0.25, -0.2) is 8.42 Å². The third-order valence-electron chi connectivity index (χ3n) is 5.41. The molecular formula is C25H29BrN2O4S. The third-order valence-corrected chi connectivity index (χ3v) is 7.12. The molecule has 176 valence electrons. The molecule has 3 aromatic rings. The van der Waals surface area contributed by atoms with Crippen molar-refractivity contribution >= 4 is 37.4 Å². The van der Waals surface area contributed by atoms with E-state index in [0.717, 1.165) is 51.7 Å². The van der Waals surface area contributed by atoms with Crippen LogP contribution in [0.3, 0.4) is 0 Å². The largest absolute Gasteiger partial charge is 0.492 e. The molecule has 3 rings (SSSR count). The molecule has 0 unspecified atom stereocenters. The molecule has 1 heterocycles. The van der Waals surface area contributed by atoms with Crippen LogP contribution >= 0.6 is 15.9 Å². The molecule has 0 radical (unpaired) electrons. The number of hydrogen-bond donors (Lipinski definition) is 1. The van der Waals surface area contributed by atoms with E-state index in [4.69, 9.17) is 4.74 Å². The van der Waals surface area contributed by atoms with Crippen LogP contribution in [0.25, 0.3) is 11.3 Å². The van der Waals surface area contributed by atoms with Crippen LogP contribution in [0.5, 0.6) is 5.75 Å². The van der Waals surface area contributed by atoms with Crippen molar-refractivity contribution < 1.29 is 17.9 Å². The van der Waals surface area contributed by atoms with Gasteiger partial charge in [0.2, 0.25) is 0 Å². The van der Waals surface area contributed by atoms with Gasteiger partial charge in [-0.2, -0.15) is 0 Å². The fourth-order valence-corrected chi connectivity index (χ4v) is 5.04. The van der Waals surface area contributed by atoms with Crippen LogP contribution in [0.2, 0.25) is 0 Å². The van der Waals surface area contributed by atoms with Crippen LogP contribution in [0.1, 0.15) is 41.3 Å². The van der Waals surface area contributed by atoms with E-state index >= 15 is 0 Å². The minimum absolute atomic E-state index is 0.208. The van der Waals surface area contributed by atoms with Crippen molar-refractivity contribution in [1.82, 2.24) is 4.57 Å². The van der Waals surface area contributed by atoms with Gasteiger partial charge >= 0.3 is 0 Å². The van der Waals surface area contributed by atoms with Gasteiger partial charge in [0.05, 0.1) is 27.2 Å². The zero-order valence-corrected chi connectivity index (χ0v) is 21.9. The average molecular weight is 533 g/mol. The first-order valence-electron chi connectivity index (χ1n) is 10.7. The summed E-state index contributed by atoms with van der Waals surface area (Å²) in [4.78, 5) is 13.3. The topological polar surface area (TPSA) is 77.4 Å². The molecule has 0 atom stereocenters. The summed E-state index contributed by atoms with van der Waals surface area (Å²) >= 11 is 3.64. The first kappa shape index (κ1) is 25.1. The van der Waals surface area contributed by atoms with Gasteiger partial charge in [0.15, 0.2) is 9.84 Å². The van der Waals surface area contributed by atoms with Crippen LogP contribution in [-0.2, 0) is 16.9 Å². The van der Waals surface area contributed by atoms with Gasteiger partial charge in [-0.05, 0) is 83.7 Å². The summed E-state index contributed by atoms with van der Waals surface area (Å²) in [7, 11) is -1.38. The number of nitrogens with zero attached hydrogens (tertiary/aromatic N) is 1. The Hall–Kier alpha value is -2.58. The second-order valence-corrected chi connectivity index (χ2v) is 11.1. The summed E-state index contributed by atoms with van der Waals surface area (Å²) in [5.41, 5.74) is 4.81. The molecule has 1 aromatic heterocycles. The number of aryl methyl sites for hydroxylation is 2. The zero-order chi connectivity index (χ0) is 24.3. The Morgan fingerprint density at radius 1 is 1.15 bits per heavy atom. The molecule has 0 aliphatic rings. The van der Waals surface area contributed by atoms with Crippen LogP contribution < -0.4 is 10.1 Å². The molecule has 0 spiro atoms. The monoisotopic (exact) mass is 532 g/mol. The molecule has 0 saturated heterocycles. The van der Waals surface area contributed by atoms with Gasteiger partial charge in [-0.3, -0.25) is 4.79 Å². The smallest absolute Gasteiger partial charge is 0.257 e. The highest BCUT2D eigenvalue weighted by Crippen LogP contribution is 2.40. The lowest BCUT2D eigenvalue weighted by Crippen LogP contribution is -2.12. The lowest BCUT2D eigenvalue weighted by atomic mass is 10.0. The Balaban J connectivity index is 1.95. The third kappa shape index (κ3) is 5.68. The fraction of sp³-hybridized carbons (Fsp3) is 0.320. The van der Waals surface area contributed by atoms with Gasteiger partial charge in [-0.15, -0.1) is 0 Å². The summed E-state index contributed by atoms with van der Waals surface area (Å²) in [5, 5.41) is 2.86. The van der Waals surface area contributed by atoms with Crippen LogP contribution in [0.4, 0.5) is 5.69 Å². The quantitative estimate of drug-likeness (QED) is 0.366. The second kappa shape index (κ2) is 10.1. The molecule has 0 saturated carbocycles. The summed E-state index contributed by atoms with van der Waals surface area (Å²) in [6.07, 6.45) is 4.95. The van der Waals surface area contributed by atoms with Crippen molar-refractivity contribution in [2.45, 2.75) is 38.5 Å². The summed E-state index contributed by atoms with van der Waals surface area (Å²) < 4.78 is 32.3. The number of sulfone groups is 1. The molecule has 1 amide bonds. The predicted molar refractivity (Wildman–Crippen MR) is 136 cm³/mol. The fourth-order valence-electron chi connectivity index (χ4n) is 3.72. The highest BCUT2D eigenvalue weighted by atomic mass is 79.9. The molecule has 0 aliphatic heterocycles. The van der Waals surface area contributed by atoms with Gasteiger partial charge < -0.3 is 14.6 Å². The number of unbranched alkanes of at least 4 members (excludes halogenated alkanes) is 1. The molecule has 8 heteroatoms. The number of anilines is 1. The van der Waals surface area contributed by atoms with E-state index in [2.05, 4.69) is 34.2 Å². The number of nitrogens with one attached hydrogen (secondary N) is 1. The lowest BCUT2D eigenvalue weighted by molar-refractivity contribution is 0.102. The van der Waals surface area contributed by atoms with E-state index < -0.39 is 9.84 Å². The minimum Gasteiger partial charge on any atom is -0.492 e. The van der Waals surface area contributed by atoms with E-state index in [1.54, 1.807) is 18.3 Å². The van der Waals surface area contributed by atoms with E-state index in [0.29, 0.717) is 17.9 Å². The normalized spacial score (nSPS) is 11.5. The van der Waals surface area contributed by atoms with Crippen molar-refractivity contribution in [1.29, 1.82) is 0 Å².